The number of nitrogens with zero attached hydrogens (tertiary/aromatic N) is 2. The van der Waals surface area contributed by atoms with Crippen LogP contribution >= 0.6 is 0 Å². The minimum atomic E-state index is 0.192. The first-order valence-corrected chi connectivity index (χ1v) is 7.22. The Hall–Kier alpha value is -2.33. The highest BCUT2D eigenvalue weighted by Gasteiger charge is 2.15. The molecule has 0 amide bonds. The molecule has 0 bridgehead atoms. The van der Waals surface area contributed by atoms with Gasteiger partial charge in [-0.1, -0.05) is 25.1 Å². The predicted octanol–water partition coefficient (Wildman–Crippen LogP) is 3.36. The van der Waals surface area contributed by atoms with Crippen LogP contribution in [-0.2, 0) is 6.42 Å². The van der Waals surface area contributed by atoms with Gasteiger partial charge in [-0.05, 0) is 42.8 Å². The van der Waals surface area contributed by atoms with Gasteiger partial charge < -0.3 is 9.73 Å². The third-order valence-corrected chi connectivity index (χ3v) is 3.46. The molecular formula is C17H19N3O. The van der Waals surface area contributed by atoms with Crippen molar-refractivity contribution in [2.24, 2.45) is 0 Å². The maximum absolute atomic E-state index is 5.15. The monoisotopic (exact) mass is 281 g/mol. The summed E-state index contributed by atoms with van der Waals surface area (Å²) in [5.41, 5.74) is 3.29. The molecule has 0 spiro atoms. The van der Waals surface area contributed by atoms with Crippen LogP contribution < -0.4 is 5.32 Å². The molecule has 0 fully saturated rings. The molecule has 21 heavy (non-hydrogen) atoms. The van der Waals surface area contributed by atoms with Crippen molar-refractivity contribution in [3.8, 4) is 5.69 Å². The van der Waals surface area contributed by atoms with Crippen LogP contribution in [0.5, 0.6) is 0 Å². The zero-order valence-electron chi connectivity index (χ0n) is 12.1. The van der Waals surface area contributed by atoms with Crippen LogP contribution in [0.1, 0.15) is 24.2 Å². The molecule has 0 radical (unpaired) electrons. The van der Waals surface area contributed by atoms with Crippen LogP contribution in [0.15, 0.2) is 65.6 Å². The van der Waals surface area contributed by atoms with Gasteiger partial charge in [0.2, 0.25) is 0 Å². The first kappa shape index (κ1) is 13.6. The van der Waals surface area contributed by atoms with Gasteiger partial charge in [0, 0.05) is 6.20 Å². The second kappa shape index (κ2) is 6.41. The Labute approximate surface area is 124 Å². The van der Waals surface area contributed by atoms with Gasteiger partial charge >= 0.3 is 0 Å². The summed E-state index contributed by atoms with van der Waals surface area (Å²) in [6.45, 7) is 3.01. The van der Waals surface area contributed by atoms with E-state index in [-0.39, 0.29) is 6.04 Å². The highest BCUT2D eigenvalue weighted by atomic mass is 16.3. The molecule has 3 aromatic rings. The Morgan fingerprint density at radius 2 is 2.05 bits per heavy atom. The lowest BCUT2D eigenvalue weighted by Crippen LogP contribution is -2.23. The summed E-state index contributed by atoms with van der Waals surface area (Å²) < 4.78 is 7.06. The van der Waals surface area contributed by atoms with Gasteiger partial charge in [-0.15, -0.1) is 0 Å². The minimum Gasteiger partial charge on any atom is -0.472 e. The summed E-state index contributed by atoms with van der Waals surface area (Å²) in [5.74, 6) is 0. The van der Waals surface area contributed by atoms with Gasteiger partial charge in [0.1, 0.15) is 0 Å². The molecule has 1 aromatic carbocycles. The van der Waals surface area contributed by atoms with E-state index in [1.165, 1.54) is 5.56 Å². The molecule has 0 saturated heterocycles. The Kier molecular flexibility index (Phi) is 4.17. The third-order valence-electron chi connectivity index (χ3n) is 3.46. The van der Waals surface area contributed by atoms with Crippen molar-refractivity contribution in [3.05, 3.63) is 72.4 Å². The summed E-state index contributed by atoms with van der Waals surface area (Å²) in [6, 6.07) is 14.4. The molecule has 2 aromatic heterocycles. The molecule has 1 atom stereocenters. The lowest BCUT2D eigenvalue weighted by Gasteiger charge is -2.14. The molecule has 108 valence electrons. The van der Waals surface area contributed by atoms with E-state index >= 15 is 0 Å². The average molecular weight is 281 g/mol. The van der Waals surface area contributed by atoms with Gasteiger partial charge in [0.15, 0.2) is 0 Å². The Morgan fingerprint density at radius 1 is 1.19 bits per heavy atom. The van der Waals surface area contributed by atoms with Crippen molar-refractivity contribution < 1.29 is 4.42 Å². The van der Waals surface area contributed by atoms with Crippen molar-refractivity contribution in [2.45, 2.75) is 19.4 Å². The topological polar surface area (TPSA) is 43.0 Å². The minimum absolute atomic E-state index is 0.192. The number of benzene rings is 1. The molecule has 4 heteroatoms. The van der Waals surface area contributed by atoms with E-state index in [0.717, 1.165) is 24.3 Å². The number of hydrogen-bond donors (Lipinski definition) is 1. The fraction of sp³-hybridized carbons (Fsp3) is 0.235. The van der Waals surface area contributed by atoms with E-state index in [2.05, 4.69) is 30.4 Å². The summed E-state index contributed by atoms with van der Waals surface area (Å²) in [6.07, 6.45) is 6.37. The van der Waals surface area contributed by atoms with Gasteiger partial charge in [-0.2, -0.15) is 5.10 Å². The third kappa shape index (κ3) is 3.23. The van der Waals surface area contributed by atoms with E-state index < -0.39 is 0 Å². The highest BCUT2D eigenvalue weighted by molar-refractivity contribution is 5.30. The summed E-state index contributed by atoms with van der Waals surface area (Å²) in [4.78, 5) is 0. The molecule has 3 rings (SSSR count). The number of rotatable bonds is 6. The van der Waals surface area contributed by atoms with Crippen LogP contribution in [0, 0.1) is 0 Å². The quantitative estimate of drug-likeness (QED) is 0.753. The van der Waals surface area contributed by atoms with Crippen LogP contribution in [0.2, 0.25) is 0 Å². The van der Waals surface area contributed by atoms with Crippen molar-refractivity contribution in [1.82, 2.24) is 15.1 Å². The number of hydrogen-bond acceptors (Lipinski definition) is 3. The molecule has 1 unspecified atom stereocenters. The number of para-hydroxylation sites is 1. The number of aromatic nitrogens is 2. The second-order valence-corrected chi connectivity index (χ2v) is 4.97. The standard InChI is InChI=1S/C17H19N3O/c1-2-18-17(12-14-9-11-21-13-14)16-8-10-20(19-16)15-6-4-3-5-7-15/h3-11,13,17-18H,2,12H2,1H3. The zero-order chi connectivity index (χ0) is 14.5. The average Bonchev–Trinajstić information content (AvgIpc) is 3.19. The summed E-state index contributed by atoms with van der Waals surface area (Å²) >= 11 is 0. The molecule has 0 aliphatic carbocycles. The fourth-order valence-electron chi connectivity index (χ4n) is 2.42. The van der Waals surface area contributed by atoms with Crippen molar-refractivity contribution in [2.75, 3.05) is 6.54 Å². The first-order valence-electron chi connectivity index (χ1n) is 7.22. The number of likely N-dealkylation sites (N-methyl/N-ethyl adjacent to an activating group) is 1. The largest absolute Gasteiger partial charge is 0.472 e. The zero-order valence-corrected chi connectivity index (χ0v) is 12.1. The normalized spacial score (nSPS) is 12.4. The van der Waals surface area contributed by atoms with Crippen LogP contribution in [0.25, 0.3) is 5.69 Å². The van der Waals surface area contributed by atoms with E-state index in [9.17, 15) is 0 Å². The number of nitrogens with one attached hydrogen (secondary N) is 1. The summed E-state index contributed by atoms with van der Waals surface area (Å²) in [7, 11) is 0. The molecule has 0 aliphatic heterocycles. The lowest BCUT2D eigenvalue weighted by molar-refractivity contribution is 0.522. The van der Waals surface area contributed by atoms with Crippen LogP contribution in [0.4, 0.5) is 0 Å². The maximum Gasteiger partial charge on any atom is 0.0935 e. The van der Waals surface area contributed by atoms with Gasteiger partial charge in [0.05, 0.1) is 29.9 Å². The van der Waals surface area contributed by atoms with Gasteiger partial charge in [-0.3, -0.25) is 0 Å². The number of furan rings is 1. The Morgan fingerprint density at radius 3 is 2.76 bits per heavy atom. The molecular weight excluding hydrogens is 262 g/mol. The van der Waals surface area contributed by atoms with Crippen molar-refractivity contribution in [1.29, 1.82) is 0 Å². The lowest BCUT2D eigenvalue weighted by atomic mass is 10.1. The van der Waals surface area contributed by atoms with Crippen molar-refractivity contribution >= 4 is 0 Å². The fourth-order valence-corrected chi connectivity index (χ4v) is 2.42. The Bertz CT molecular complexity index is 658. The second-order valence-electron chi connectivity index (χ2n) is 4.97. The van der Waals surface area contributed by atoms with E-state index in [1.54, 1.807) is 12.5 Å². The molecule has 2 heterocycles. The van der Waals surface area contributed by atoms with Crippen molar-refractivity contribution in [3.63, 3.8) is 0 Å². The molecule has 0 saturated carbocycles. The Balaban J connectivity index is 1.81. The first-order chi connectivity index (χ1) is 10.4. The van der Waals surface area contributed by atoms with E-state index in [4.69, 9.17) is 9.52 Å². The van der Waals surface area contributed by atoms with Crippen LogP contribution in [-0.4, -0.2) is 16.3 Å². The molecule has 0 aliphatic rings. The predicted molar refractivity (Wildman–Crippen MR) is 82.4 cm³/mol. The van der Waals surface area contributed by atoms with Gasteiger partial charge in [-0.25, -0.2) is 4.68 Å². The smallest absolute Gasteiger partial charge is 0.0935 e. The maximum atomic E-state index is 5.15. The molecule has 4 nitrogen and oxygen atoms in total. The van der Waals surface area contributed by atoms with E-state index in [1.807, 2.05) is 35.1 Å². The van der Waals surface area contributed by atoms with Gasteiger partial charge in [0.25, 0.3) is 0 Å². The summed E-state index contributed by atoms with van der Waals surface area (Å²) in [5, 5.41) is 8.19. The molecule has 1 N–H and O–H groups in total. The SMILES string of the molecule is CCNC(Cc1ccoc1)c1ccn(-c2ccccc2)n1. The van der Waals surface area contributed by atoms with E-state index in [0.29, 0.717) is 0 Å². The van der Waals surface area contributed by atoms with Crippen LogP contribution in [0.3, 0.4) is 0 Å². The highest BCUT2D eigenvalue weighted by Crippen LogP contribution is 2.18.